The van der Waals surface area contributed by atoms with Gasteiger partial charge in [-0.05, 0) is 43.3 Å². The summed E-state index contributed by atoms with van der Waals surface area (Å²) < 4.78 is 38.4. The molecule has 9 nitrogen and oxygen atoms in total. The first-order valence-electron chi connectivity index (χ1n) is 11.2. The average Bonchev–Trinajstić information content (AvgIpc) is 3.30. The summed E-state index contributed by atoms with van der Waals surface area (Å²) in [6.45, 7) is 1.90. The van der Waals surface area contributed by atoms with Gasteiger partial charge in [-0.1, -0.05) is 47.7 Å². The van der Waals surface area contributed by atoms with E-state index in [2.05, 4.69) is 15.5 Å². The van der Waals surface area contributed by atoms with Gasteiger partial charge in [-0.15, -0.1) is 10.2 Å². The highest BCUT2D eigenvalue weighted by atomic mass is 32.2. The highest BCUT2D eigenvalue weighted by Gasteiger charge is 2.23. The predicted octanol–water partition coefficient (Wildman–Crippen LogP) is 4.30. The van der Waals surface area contributed by atoms with Crippen molar-refractivity contribution in [2.45, 2.75) is 22.7 Å². The van der Waals surface area contributed by atoms with Crippen molar-refractivity contribution in [1.82, 2.24) is 14.8 Å². The molecule has 0 unspecified atom stereocenters. The Morgan fingerprint density at radius 1 is 0.973 bits per heavy atom. The van der Waals surface area contributed by atoms with E-state index in [0.29, 0.717) is 28.0 Å². The maximum atomic E-state index is 13.1. The molecule has 1 N–H and O–H groups in total. The molecule has 0 aliphatic carbocycles. The number of carbonyl (C=O) groups excluding carboxylic acids is 1. The number of benzene rings is 3. The van der Waals surface area contributed by atoms with Crippen molar-refractivity contribution in [3.8, 4) is 17.2 Å². The zero-order chi connectivity index (χ0) is 26.4. The number of para-hydroxylation sites is 1. The largest absolute Gasteiger partial charge is 0.497 e. The lowest BCUT2D eigenvalue weighted by Crippen LogP contribution is -2.15. The van der Waals surface area contributed by atoms with Crippen LogP contribution in [0.25, 0.3) is 5.69 Å². The Labute approximate surface area is 219 Å². The number of rotatable bonds is 10. The Hall–Kier alpha value is -3.83. The number of ether oxygens (including phenoxy) is 2. The van der Waals surface area contributed by atoms with E-state index in [9.17, 15) is 13.2 Å². The molecule has 1 heterocycles. The first-order valence-corrected chi connectivity index (χ1v) is 13.9. The van der Waals surface area contributed by atoms with Crippen molar-refractivity contribution in [2.24, 2.45) is 0 Å². The first kappa shape index (κ1) is 26.2. The van der Waals surface area contributed by atoms with Gasteiger partial charge in [-0.3, -0.25) is 9.36 Å². The monoisotopic (exact) mass is 538 g/mol. The Bertz CT molecular complexity index is 1490. The third-order valence-corrected chi connectivity index (χ3v) is 7.99. The van der Waals surface area contributed by atoms with Crippen LogP contribution in [0.15, 0.2) is 82.8 Å². The second kappa shape index (κ2) is 11.5. The number of sulfone groups is 1. The third-order valence-electron chi connectivity index (χ3n) is 5.43. The van der Waals surface area contributed by atoms with Gasteiger partial charge in [-0.2, -0.15) is 0 Å². The van der Waals surface area contributed by atoms with E-state index in [0.717, 1.165) is 17.3 Å². The van der Waals surface area contributed by atoms with Gasteiger partial charge in [-0.25, -0.2) is 8.42 Å². The maximum absolute atomic E-state index is 13.1. The molecule has 0 spiro atoms. The van der Waals surface area contributed by atoms with Gasteiger partial charge in [0.05, 0.1) is 30.6 Å². The molecule has 4 aromatic rings. The first-order chi connectivity index (χ1) is 17.8. The maximum Gasteiger partial charge on any atom is 0.234 e. The predicted molar refractivity (Wildman–Crippen MR) is 142 cm³/mol. The van der Waals surface area contributed by atoms with E-state index < -0.39 is 9.84 Å². The second-order valence-electron chi connectivity index (χ2n) is 8.04. The van der Waals surface area contributed by atoms with Crippen LogP contribution in [0.3, 0.4) is 0 Å². The quantitative estimate of drug-likeness (QED) is 0.298. The fraction of sp³-hybridized carbons (Fsp3) is 0.192. The lowest BCUT2D eigenvalue weighted by Gasteiger charge is -2.12. The zero-order valence-electron chi connectivity index (χ0n) is 20.5. The van der Waals surface area contributed by atoms with E-state index in [1.54, 1.807) is 54.1 Å². The molecule has 0 radical (unpaired) electrons. The van der Waals surface area contributed by atoms with Gasteiger partial charge in [0.25, 0.3) is 0 Å². The topological polar surface area (TPSA) is 112 Å². The van der Waals surface area contributed by atoms with Gasteiger partial charge < -0.3 is 14.8 Å². The number of nitrogens with one attached hydrogen (secondary N) is 1. The molecular weight excluding hydrogens is 512 g/mol. The van der Waals surface area contributed by atoms with Crippen LogP contribution >= 0.6 is 11.8 Å². The Balaban J connectivity index is 1.56. The SMILES string of the molecule is COc1ccc(NC(=O)CSc2nnc(CS(=O)(=O)c3ccc(C)cc3)n2-c2ccccc2)c(OC)c1. The number of hydrogen-bond donors (Lipinski definition) is 1. The van der Waals surface area contributed by atoms with Gasteiger partial charge in [0.1, 0.15) is 17.3 Å². The average molecular weight is 539 g/mol. The van der Waals surface area contributed by atoms with Crippen LogP contribution in [-0.4, -0.2) is 49.1 Å². The fourth-order valence-corrected chi connectivity index (χ4v) is 5.56. The summed E-state index contributed by atoms with van der Waals surface area (Å²) >= 11 is 1.15. The van der Waals surface area contributed by atoms with Crippen molar-refractivity contribution < 1.29 is 22.7 Å². The molecule has 0 aliphatic heterocycles. The number of thioether (sulfide) groups is 1. The van der Waals surface area contributed by atoms with Gasteiger partial charge >= 0.3 is 0 Å². The molecule has 37 heavy (non-hydrogen) atoms. The van der Waals surface area contributed by atoms with Crippen LogP contribution in [0.2, 0.25) is 0 Å². The summed E-state index contributed by atoms with van der Waals surface area (Å²) in [5, 5.41) is 11.6. The normalized spacial score (nSPS) is 11.2. The van der Waals surface area contributed by atoms with Crippen molar-refractivity contribution in [2.75, 3.05) is 25.3 Å². The van der Waals surface area contributed by atoms with Crippen molar-refractivity contribution in [1.29, 1.82) is 0 Å². The number of aryl methyl sites for hydroxylation is 1. The molecule has 1 aromatic heterocycles. The molecule has 0 saturated carbocycles. The van der Waals surface area contributed by atoms with E-state index in [-0.39, 0.29) is 28.1 Å². The van der Waals surface area contributed by atoms with Gasteiger partial charge in [0.15, 0.2) is 20.8 Å². The molecule has 0 bridgehead atoms. The van der Waals surface area contributed by atoms with E-state index in [1.807, 2.05) is 37.3 Å². The number of nitrogens with zero attached hydrogens (tertiary/aromatic N) is 3. The van der Waals surface area contributed by atoms with Gasteiger partial charge in [0, 0.05) is 11.8 Å². The van der Waals surface area contributed by atoms with Crippen LogP contribution in [0.5, 0.6) is 11.5 Å². The van der Waals surface area contributed by atoms with E-state index >= 15 is 0 Å². The third kappa shape index (κ3) is 6.30. The van der Waals surface area contributed by atoms with E-state index in [4.69, 9.17) is 9.47 Å². The van der Waals surface area contributed by atoms with Crippen LogP contribution in [0.4, 0.5) is 5.69 Å². The molecule has 1 amide bonds. The van der Waals surface area contributed by atoms with Crippen LogP contribution in [0, 0.1) is 6.92 Å². The Kier molecular flexibility index (Phi) is 8.14. The van der Waals surface area contributed by atoms with Crippen LogP contribution < -0.4 is 14.8 Å². The van der Waals surface area contributed by atoms with Gasteiger partial charge in [0.2, 0.25) is 5.91 Å². The number of aromatic nitrogens is 3. The second-order valence-corrected chi connectivity index (χ2v) is 11.0. The van der Waals surface area contributed by atoms with Crippen LogP contribution in [0.1, 0.15) is 11.4 Å². The summed E-state index contributed by atoms with van der Waals surface area (Å²) in [6.07, 6.45) is 0. The fourth-order valence-electron chi connectivity index (χ4n) is 3.54. The number of hydrogen-bond acceptors (Lipinski definition) is 8. The van der Waals surface area contributed by atoms with Crippen molar-refractivity contribution in [3.05, 3.63) is 84.2 Å². The molecule has 0 saturated heterocycles. The Morgan fingerprint density at radius 2 is 1.70 bits per heavy atom. The molecule has 3 aromatic carbocycles. The summed E-state index contributed by atoms with van der Waals surface area (Å²) in [6, 6.07) is 21.0. The number of amides is 1. The number of methoxy groups -OCH3 is 2. The summed E-state index contributed by atoms with van der Waals surface area (Å²) in [5.41, 5.74) is 2.17. The Morgan fingerprint density at radius 3 is 2.38 bits per heavy atom. The number of carbonyl (C=O) groups is 1. The molecule has 0 aliphatic rings. The highest BCUT2D eigenvalue weighted by molar-refractivity contribution is 7.99. The molecule has 192 valence electrons. The minimum absolute atomic E-state index is 0.0187. The summed E-state index contributed by atoms with van der Waals surface area (Å²) in [4.78, 5) is 12.9. The highest BCUT2D eigenvalue weighted by Crippen LogP contribution is 2.30. The molecule has 4 rings (SSSR count). The zero-order valence-corrected chi connectivity index (χ0v) is 22.2. The summed E-state index contributed by atoms with van der Waals surface area (Å²) in [5.74, 6) is 0.719. The molecule has 11 heteroatoms. The lowest BCUT2D eigenvalue weighted by atomic mass is 10.2. The van der Waals surface area contributed by atoms with Crippen molar-refractivity contribution >= 4 is 33.2 Å². The van der Waals surface area contributed by atoms with Crippen LogP contribution in [-0.2, 0) is 20.4 Å². The smallest absolute Gasteiger partial charge is 0.234 e. The molecule has 0 atom stereocenters. The molecule has 0 fully saturated rings. The standard InChI is InChI=1S/C26H26N4O5S2/c1-18-9-12-21(13-10-18)37(32,33)17-24-28-29-26(30(24)19-7-5-4-6-8-19)36-16-25(31)27-22-14-11-20(34-2)15-23(22)35-3/h4-15H,16-17H2,1-3H3,(H,27,31). The minimum atomic E-state index is -3.67. The lowest BCUT2D eigenvalue weighted by molar-refractivity contribution is -0.113. The van der Waals surface area contributed by atoms with Crippen molar-refractivity contribution in [3.63, 3.8) is 0 Å². The number of anilines is 1. The van der Waals surface area contributed by atoms with E-state index in [1.165, 1.54) is 7.11 Å². The minimum Gasteiger partial charge on any atom is -0.497 e. The molecular formula is C26H26N4O5S2. The summed E-state index contributed by atoms with van der Waals surface area (Å²) in [7, 11) is -0.613.